The maximum atomic E-state index is 12.9. The highest BCUT2D eigenvalue weighted by Crippen LogP contribution is 2.08. The van der Waals surface area contributed by atoms with Crippen LogP contribution in [0.3, 0.4) is 0 Å². The molecule has 19 heavy (non-hydrogen) atoms. The molecule has 0 amide bonds. The summed E-state index contributed by atoms with van der Waals surface area (Å²) in [5, 5.41) is 3.06. The summed E-state index contributed by atoms with van der Waals surface area (Å²) in [5.74, 6) is 4.32. The fourth-order valence-electron chi connectivity index (χ4n) is 1.59. The minimum Gasteiger partial charge on any atom is -0.302 e. The Morgan fingerprint density at radius 3 is 2.47 bits per heavy atom. The number of rotatable bonds is 3. The maximum Gasteiger partial charge on any atom is 0.159 e. The molecule has 3 heteroatoms. The van der Waals surface area contributed by atoms with E-state index < -0.39 is 11.6 Å². The van der Waals surface area contributed by atoms with Crippen LogP contribution in [0.15, 0.2) is 48.5 Å². The first kappa shape index (κ1) is 13.3. The van der Waals surface area contributed by atoms with Crippen LogP contribution in [0.5, 0.6) is 0 Å². The van der Waals surface area contributed by atoms with Gasteiger partial charge in [0.1, 0.15) is 0 Å². The topological polar surface area (TPSA) is 12.0 Å². The first-order valence-electron chi connectivity index (χ1n) is 5.94. The van der Waals surface area contributed by atoms with Gasteiger partial charge in [-0.2, -0.15) is 0 Å². The molecule has 0 heterocycles. The lowest BCUT2D eigenvalue weighted by Crippen LogP contribution is -2.13. The Kier molecular flexibility index (Phi) is 4.66. The van der Waals surface area contributed by atoms with Crippen molar-refractivity contribution in [3.05, 3.63) is 71.3 Å². The molecule has 0 unspecified atom stereocenters. The van der Waals surface area contributed by atoms with E-state index in [4.69, 9.17) is 0 Å². The molecule has 2 aromatic rings. The summed E-state index contributed by atoms with van der Waals surface area (Å²) in [4.78, 5) is 0. The zero-order valence-electron chi connectivity index (χ0n) is 10.3. The van der Waals surface area contributed by atoms with Gasteiger partial charge in [0.15, 0.2) is 11.6 Å². The van der Waals surface area contributed by atoms with E-state index in [1.54, 1.807) is 6.07 Å². The average molecular weight is 257 g/mol. The lowest BCUT2D eigenvalue weighted by atomic mass is 10.2. The van der Waals surface area contributed by atoms with Gasteiger partial charge in [-0.3, -0.25) is 0 Å². The van der Waals surface area contributed by atoms with Gasteiger partial charge >= 0.3 is 0 Å². The molecule has 0 bridgehead atoms. The first-order chi connectivity index (χ1) is 9.25. The monoisotopic (exact) mass is 257 g/mol. The number of hydrogen-bond donors (Lipinski definition) is 1. The van der Waals surface area contributed by atoms with Crippen LogP contribution in [-0.2, 0) is 6.54 Å². The molecular weight excluding hydrogens is 244 g/mol. The molecular formula is C16H13F2N. The zero-order chi connectivity index (χ0) is 13.5. The molecule has 1 N–H and O–H groups in total. The SMILES string of the molecule is Fc1ccc(CNCC#Cc2ccccc2)cc1F. The zero-order valence-corrected chi connectivity index (χ0v) is 10.3. The molecule has 0 atom stereocenters. The Balaban J connectivity index is 1.81. The van der Waals surface area contributed by atoms with Crippen LogP contribution in [0, 0.1) is 23.5 Å². The molecule has 0 saturated carbocycles. The molecule has 0 aliphatic rings. The van der Waals surface area contributed by atoms with E-state index >= 15 is 0 Å². The average Bonchev–Trinajstić information content (AvgIpc) is 2.43. The second-order valence-electron chi connectivity index (χ2n) is 4.02. The third kappa shape index (κ3) is 4.20. The summed E-state index contributed by atoms with van der Waals surface area (Å²) in [5.41, 5.74) is 1.65. The molecule has 96 valence electrons. The summed E-state index contributed by atoms with van der Waals surface area (Å²) < 4.78 is 25.7. The third-order valence-corrected chi connectivity index (χ3v) is 2.53. The summed E-state index contributed by atoms with van der Waals surface area (Å²) in [6, 6.07) is 13.5. The molecule has 2 aromatic carbocycles. The minimum atomic E-state index is -0.826. The number of benzene rings is 2. The highest BCUT2D eigenvalue weighted by atomic mass is 19.2. The van der Waals surface area contributed by atoms with Gasteiger partial charge in [0.25, 0.3) is 0 Å². The normalized spacial score (nSPS) is 9.79. The minimum absolute atomic E-state index is 0.459. The second-order valence-corrected chi connectivity index (χ2v) is 4.02. The molecule has 0 radical (unpaired) electrons. The standard InChI is InChI=1S/C16H13F2N/c17-15-9-8-14(11-16(15)18)12-19-10-4-7-13-5-2-1-3-6-13/h1-3,5-6,8-9,11,19H,10,12H2. The van der Waals surface area contributed by atoms with Gasteiger partial charge in [-0.05, 0) is 29.8 Å². The van der Waals surface area contributed by atoms with Gasteiger partial charge in [0.05, 0.1) is 6.54 Å². The predicted octanol–water partition coefficient (Wildman–Crippen LogP) is 3.11. The van der Waals surface area contributed by atoms with Crippen LogP contribution >= 0.6 is 0 Å². The van der Waals surface area contributed by atoms with E-state index in [0.717, 1.165) is 11.6 Å². The van der Waals surface area contributed by atoms with Crippen molar-refractivity contribution in [1.82, 2.24) is 5.32 Å². The fraction of sp³-hybridized carbons (Fsp3) is 0.125. The molecule has 0 aliphatic heterocycles. The van der Waals surface area contributed by atoms with Gasteiger partial charge in [0, 0.05) is 12.1 Å². The predicted molar refractivity (Wildman–Crippen MR) is 71.4 cm³/mol. The summed E-state index contributed by atoms with van der Waals surface area (Å²) in [7, 11) is 0. The first-order valence-corrected chi connectivity index (χ1v) is 5.94. The Hall–Kier alpha value is -2.18. The molecule has 0 aromatic heterocycles. The van der Waals surface area contributed by atoms with Crippen LogP contribution in [0.1, 0.15) is 11.1 Å². The quantitative estimate of drug-likeness (QED) is 0.658. The van der Waals surface area contributed by atoms with Crippen molar-refractivity contribution in [1.29, 1.82) is 0 Å². The molecule has 0 fully saturated rings. The van der Waals surface area contributed by atoms with Crippen LogP contribution < -0.4 is 5.32 Å². The van der Waals surface area contributed by atoms with Crippen LogP contribution in [0.2, 0.25) is 0 Å². The Morgan fingerprint density at radius 2 is 1.74 bits per heavy atom. The molecule has 0 aliphatic carbocycles. The fourth-order valence-corrected chi connectivity index (χ4v) is 1.59. The van der Waals surface area contributed by atoms with Gasteiger partial charge in [-0.15, -0.1) is 0 Å². The van der Waals surface area contributed by atoms with E-state index in [-0.39, 0.29) is 0 Å². The van der Waals surface area contributed by atoms with Crippen LogP contribution in [-0.4, -0.2) is 6.54 Å². The summed E-state index contributed by atoms with van der Waals surface area (Å²) in [6.45, 7) is 0.953. The van der Waals surface area contributed by atoms with Gasteiger partial charge < -0.3 is 5.32 Å². The van der Waals surface area contributed by atoms with Crippen molar-refractivity contribution in [2.45, 2.75) is 6.54 Å². The number of halogens is 2. The Labute approximate surface area is 111 Å². The van der Waals surface area contributed by atoms with E-state index in [1.807, 2.05) is 30.3 Å². The van der Waals surface area contributed by atoms with Crippen molar-refractivity contribution < 1.29 is 8.78 Å². The second kappa shape index (κ2) is 6.67. The van der Waals surface area contributed by atoms with Crippen molar-refractivity contribution in [3.8, 4) is 11.8 Å². The van der Waals surface area contributed by atoms with Crippen LogP contribution in [0.4, 0.5) is 8.78 Å². The lowest BCUT2D eigenvalue weighted by molar-refractivity contribution is 0.506. The number of hydrogen-bond acceptors (Lipinski definition) is 1. The van der Waals surface area contributed by atoms with Crippen molar-refractivity contribution in [2.75, 3.05) is 6.54 Å². The smallest absolute Gasteiger partial charge is 0.159 e. The Morgan fingerprint density at radius 1 is 0.947 bits per heavy atom. The highest BCUT2D eigenvalue weighted by Gasteiger charge is 2.01. The molecule has 0 spiro atoms. The van der Waals surface area contributed by atoms with E-state index in [9.17, 15) is 8.78 Å². The summed E-state index contributed by atoms with van der Waals surface area (Å²) >= 11 is 0. The molecule has 1 nitrogen and oxygen atoms in total. The third-order valence-electron chi connectivity index (χ3n) is 2.53. The molecule has 2 rings (SSSR count). The van der Waals surface area contributed by atoms with Crippen molar-refractivity contribution in [3.63, 3.8) is 0 Å². The van der Waals surface area contributed by atoms with Gasteiger partial charge in [0.2, 0.25) is 0 Å². The highest BCUT2D eigenvalue weighted by molar-refractivity contribution is 5.33. The van der Waals surface area contributed by atoms with Crippen molar-refractivity contribution >= 4 is 0 Å². The maximum absolute atomic E-state index is 12.9. The van der Waals surface area contributed by atoms with Gasteiger partial charge in [-0.1, -0.05) is 36.1 Å². The lowest BCUT2D eigenvalue weighted by Gasteiger charge is -2.01. The van der Waals surface area contributed by atoms with Gasteiger partial charge in [-0.25, -0.2) is 8.78 Å². The Bertz CT molecular complexity index is 597. The largest absolute Gasteiger partial charge is 0.302 e. The van der Waals surface area contributed by atoms with Crippen molar-refractivity contribution in [2.24, 2.45) is 0 Å². The van der Waals surface area contributed by atoms with E-state index in [0.29, 0.717) is 18.7 Å². The van der Waals surface area contributed by atoms with E-state index in [1.165, 1.54) is 6.07 Å². The summed E-state index contributed by atoms with van der Waals surface area (Å²) in [6.07, 6.45) is 0. The molecule has 0 saturated heterocycles. The van der Waals surface area contributed by atoms with Crippen LogP contribution in [0.25, 0.3) is 0 Å². The van der Waals surface area contributed by atoms with E-state index in [2.05, 4.69) is 17.2 Å². The number of nitrogens with one attached hydrogen (secondary N) is 1.